The minimum atomic E-state index is -0.848. The third kappa shape index (κ3) is 57.8. The van der Waals surface area contributed by atoms with E-state index in [2.05, 4.69) is 167 Å². The zero-order chi connectivity index (χ0) is 52.9. The van der Waals surface area contributed by atoms with E-state index in [0.29, 0.717) is 19.3 Å². The molecule has 0 aromatic heterocycles. The molecule has 1 unspecified atom stereocenters. The molecule has 0 bridgehead atoms. The van der Waals surface area contributed by atoms with Crippen LogP contribution in [0.3, 0.4) is 0 Å². The number of hydrogen-bond donors (Lipinski definition) is 0. The summed E-state index contributed by atoms with van der Waals surface area (Å²) in [4.78, 5) is 38.0. The van der Waals surface area contributed by atoms with Crippen LogP contribution in [-0.2, 0) is 28.6 Å². The van der Waals surface area contributed by atoms with Gasteiger partial charge in [0, 0.05) is 12.8 Å². The van der Waals surface area contributed by atoms with Gasteiger partial charge in [0.15, 0.2) is 6.10 Å². The van der Waals surface area contributed by atoms with Gasteiger partial charge >= 0.3 is 17.9 Å². The second-order valence-corrected chi connectivity index (χ2v) is 18.5. The van der Waals surface area contributed by atoms with Crippen molar-refractivity contribution in [1.82, 2.24) is 0 Å². The fourth-order valence-electron chi connectivity index (χ4n) is 7.30. The number of allylic oxidation sites excluding steroid dienone is 25. The minimum Gasteiger partial charge on any atom is -0.462 e. The molecule has 6 nitrogen and oxygen atoms in total. The number of carbonyl (C=O) groups is 3. The molecule has 0 aliphatic carbocycles. The molecule has 0 radical (unpaired) electrons. The Morgan fingerprint density at radius 3 is 0.904 bits per heavy atom. The highest BCUT2D eigenvalue weighted by Gasteiger charge is 2.19. The van der Waals surface area contributed by atoms with E-state index in [4.69, 9.17) is 14.2 Å². The van der Waals surface area contributed by atoms with Gasteiger partial charge in [0.05, 0.1) is 6.42 Å². The van der Waals surface area contributed by atoms with Crippen LogP contribution >= 0.6 is 0 Å². The summed E-state index contributed by atoms with van der Waals surface area (Å²) in [5, 5.41) is 0. The van der Waals surface area contributed by atoms with Crippen molar-refractivity contribution in [2.24, 2.45) is 0 Å². The predicted octanol–water partition coefficient (Wildman–Crippen LogP) is 19.8. The van der Waals surface area contributed by atoms with Crippen molar-refractivity contribution >= 4 is 17.9 Å². The maximum absolute atomic E-state index is 12.8. The Labute approximate surface area is 448 Å². The van der Waals surface area contributed by atoms with E-state index in [-0.39, 0.29) is 31.6 Å². The Kier molecular flexibility index (Phi) is 55.5. The number of hydrogen-bond acceptors (Lipinski definition) is 6. The highest BCUT2D eigenvalue weighted by molar-refractivity contribution is 5.72. The first-order chi connectivity index (χ1) is 36.0. The number of carbonyl (C=O) groups excluding carboxylic acids is 3. The second kappa shape index (κ2) is 59.6. The summed E-state index contributed by atoms with van der Waals surface area (Å²) in [6, 6.07) is 0. The molecule has 0 aliphatic rings. The van der Waals surface area contributed by atoms with Gasteiger partial charge in [-0.15, -0.1) is 0 Å². The van der Waals surface area contributed by atoms with Crippen LogP contribution in [-0.4, -0.2) is 37.2 Å². The molecule has 0 aromatic carbocycles. The van der Waals surface area contributed by atoms with Gasteiger partial charge in [0.25, 0.3) is 0 Å². The lowest BCUT2D eigenvalue weighted by atomic mass is 10.1. The number of rotatable bonds is 50. The molecule has 0 saturated heterocycles. The molecule has 0 spiro atoms. The summed E-state index contributed by atoms with van der Waals surface area (Å²) in [7, 11) is 0. The maximum Gasteiger partial charge on any atom is 0.310 e. The van der Waals surface area contributed by atoms with E-state index in [0.717, 1.165) is 128 Å². The molecular weight excluding hydrogens is 901 g/mol. The number of unbranched alkanes of at least 4 members (excludes halogenated alkanes) is 14. The van der Waals surface area contributed by atoms with Crippen LogP contribution in [0.5, 0.6) is 0 Å². The zero-order valence-electron chi connectivity index (χ0n) is 46.6. The average molecular weight is 1010 g/mol. The summed E-state index contributed by atoms with van der Waals surface area (Å²) in [6.07, 6.45) is 87.0. The van der Waals surface area contributed by atoms with Gasteiger partial charge < -0.3 is 14.2 Å². The number of ether oxygens (including phenoxy) is 3. The summed E-state index contributed by atoms with van der Waals surface area (Å²) in [6.45, 7) is 6.28. The van der Waals surface area contributed by atoms with Crippen molar-refractivity contribution < 1.29 is 28.6 Å². The van der Waals surface area contributed by atoms with Gasteiger partial charge in [0.2, 0.25) is 0 Å². The van der Waals surface area contributed by atoms with Crippen molar-refractivity contribution in [3.63, 3.8) is 0 Å². The Hall–Kier alpha value is -4.97. The van der Waals surface area contributed by atoms with Crippen molar-refractivity contribution in [3.8, 4) is 0 Å². The lowest BCUT2D eigenvalue weighted by molar-refractivity contribution is -0.166. The van der Waals surface area contributed by atoms with E-state index in [1.165, 1.54) is 51.4 Å². The van der Waals surface area contributed by atoms with Crippen molar-refractivity contribution in [1.29, 1.82) is 0 Å². The molecule has 73 heavy (non-hydrogen) atoms. The molecular formula is C67H104O6. The fourth-order valence-corrected chi connectivity index (χ4v) is 7.30. The van der Waals surface area contributed by atoms with E-state index in [1.807, 2.05) is 6.08 Å². The van der Waals surface area contributed by atoms with Crippen LogP contribution in [0.25, 0.3) is 0 Å². The molecule has 0 fully saturated rings. The summed E-state index contributed by atoms with van der Waals surface area (Å²) in [5.41, 5.74) is 0. The molecule has 0 heterocycles. The van der Waals surface area contributed by atoms with E-state index in [9.17, 15) is 14.4 Å². The third-order valence-corrected chi connectivity index (χ3v) is 11.6. The third-order valence-electron chi connectivity index (χ3n) is 11.6. The van der Waals surface area contributed by atoms with Gasteiger partial charge in [0.1, 0.15) is 13.2 Å². The van der Waals surface area contributed by atoms with E-state index < -0.39 is 12.1 Å². The fraction of sp³-hybridized carbons (Fsp3) is 0.567. The molecule has 0 N–H and O–H groups in total. The monoisotopic (exact) mass is 1000 g/mol. The second-order valence-electron chi connectivity index (χ2n) is 18.5. The van der Waals surface area contributed by atoms with Crippen molar-refractivity contribution in [2.75, 3.05) is 13.2 Å². The van der Waals surface area contributed by atoms with Gasteiger partial charge in [-0.3, -0.25) is 14.4 Å². The quantitative estimate of drug-likeness (QED) is 0.0261. The maximum atomic E-state index is 12.8. The van der Waals surface area contributed by atoms with Crippen LogP contribution in [0.4, 0.5) is 0 Å². The molecule has 408 valence electrons. The average Bonchev–Trinajstić information content (AvgIpc) is 3.39. The highest BCUT2D eigenvalue weighted by Crippen LogP contribution is 2.13. The molecule has 0 amide bonds. The summed E-state index contributed by atoms with van der Waals surface area (Å²) < 4.78 is 16.7. The van der Waals surface area contributed by atoms with Gasteiger partial charge in [-0.05, 0) is 109 Å². The van der Waals surface area contributed by atoms with Crippen LogP contribution in [0, 0.1) is 0 Å². The van der Waals surface area contributed by atoms with Crippen molar-refractivity contribution in [2.45, 2.75) is 232 Å². The molecule has 0 saturated carbocycles. The van der Waals surface area contributed by atoms with Crippen LogP contribution in [0.15, 0.2) is 158 Å². The zero-order valence-corrected chi connectivity index (χ0v) is 46.6. The standard InChI is InChI=1S/C67H104O6/c1-4-7-10-13-16-19-22-24-26-27-28-29-30-31-32-33-34-35-36-37-38-39-41-42-45-48-51-54-57-60-66(69)72-63-64(62-71-65(68)59-56-53-50-47-44-21-18-15-12-9-6-3)73-67(70)61-58-55-52-49-46-43-40-25-23-20-17-14-11-8-5-2/h7-8,10-11,16-17,19-20,24-26,28-29,31-32,34-35,37-38,40-42,46,49,55,58,64H,4-6,9,12-15,18,21-23,27,30,33,36,39,43-45,47-48,50-54,56-57,59-63H2,1-3H3/b10-7-,11-8-,19-16-,20-17-,26-24-,29-28-,32-31-,35-34-,38-37-,40-25-,42-41-,49-46-,58-55-. The normalized spacial score (nSPS) is 13.3. The molecule has 1 atom stereocenters. The van der Waals surface area contributed by atoms with Crippen LogP contribution < -0.4 is 0 Å². The molecule has 0 aliphatic heterocycles. The minimum absolute atomic E-state index is 0.0849. The molecule has 6 heteroatoms. The lowest BCUT2D eigenvalue weighted by Crippen LogP contribution is -2.30. The van der Waals surface area contributed by atoms with Crippen LogP contribution in [0.2, 0.25) is 0 Å². The largest absolute Gasteiger partial charge is 0.462 e. The van der Waals surface area contributed by atoms with Gasteiger partial charge in [-0.2, -0.15) is 0 Å². The summed E-state index contributed by atoms with van der Waals surface area (Å²) >= 11 is 0. The van der Waals surface area contributed by atoms with E-state index >= 15 is 0 Å². The number of esters is 3. The van der Waals surface area contributed by atoms with Gasteiger partial charge in [-0.1, -0.05) is 256 Å². The smallest absolute Gasteiger partial charge is 0.310 e. The Balaban J connectivity index is 4.44. The highest BCUT2D eigenvalue weighted by atomic mass is 16.6. The summed E-state index contributed by atoms with van der Waals surface area (Å²) in [5.74, 6) is -1.10. The predicted molar refractivity (Wildman–Crippen MR) is 315 cm³/mol. The SMILES string of the molecule is CC/C=C\C/C=C\C/C=C\C/C=C\C/C=C\C/C=C\C/C=C\C/C=C\CCCCCCC(=O)OCC(COC(=O)CCCCCCCCCCCCC)OC(=O)C/C=C\C/C=C\C/C=C\C/C=C\C/C=C\CC. The van der Waals surface area contributed by atoms with Gasteiger partial charge in [-0.25, -0.2) is 0 Å². The molecule has 0 rings (SSSR count). The Morgan fingerprint density at radius 1 is 0.301 bits per heavy atom. The van der Waals surface area contributed by atoms with Crippen LogP contribution in [0.1, 0.15) is 226 Å². The first-order valence-electron chi connectivity index (χ1n) is 29.0. The van der Waals surface area contributed by atoms with Crippen molar-refractivity contribution in [3.05, 3.63) is 158 Å². The first-order valence-corrected chi connectivity index (χ1v) is 29.0. The lowest BCUT2D eigenvalue weighted by Gasteiger charge is -2.18. The first kappa shape index (κ1) is 68.0. The van der Waals surface area contributed by atoms with E-state index in [1.54, 1.807) is 6.08 Å². The topological polar surface area (TPSA) is 78.9 Å². The molecule has 0 aromatic rings. The Morgan fingerprint density at radius 2 is 0.575 bits per heavy atom. The Bertz CT molecular complexity index is 1670.